The maximum absolute atomic E-state index is 13.8. The number of halogens is 1. The topological polar surface area (TPSA) is 37.5 Å². The third kappa shape index (κ3) is 1.89. The lowest BCUT2D eigenvalue weighted by Crippen LogP contribution is -1.95. The first-order valence-electron chi connectivity index (χ1n) is 6.45. The third-order valence-electron chi connectivity index (χ3n) is 3.49. The van der Waals surface area contributed by atoms with Crippen molar-refractivity contribution < 1.29 is 9.50 Å². The number of pyridine rings is 1. The average Bonchev–Trinajstić information content (AvgIpc) is 2.78. The van der Waals surface area contributed by atoms with E-state index in [9.17, 15) is 9.50 Å². The fraction of sp³-hybridized carbons (Fsp3) is 0.188. The minimum absolute atomic E-state index is 0.187. The van der Waals surface area contributed by atoms with Crippen molar-refractivity contribution in [2.24, 2.45) is 0 Å². The Morgan fingerprint density at radius 2 is 2.05 bits per heavy atom. The molecule has 3 rings (SSSR count). The van der Waals surface area contributed by atoms with Crippen LogP contribution >= 0.6 is 0 Å². The minimum Gasteiger partial charge on any atom is -0.390 e. The van der Waals surface area contributed by atoms with E-state index in [1.54, 1.807) is 16.7 Å². The van der Waals surface area contributed by atoms with Crippen molar-refractivity contribution in [2.45, 2.75) is 20.5 Å². The highest BCUT2D eigenvalue weighted by atomic mass is 19.1. The second-order valence-electron chi connectivity index (χ2n) is 4.93. The van der Waals surface area contributed by atoms with Gasteiger partial charge >= 0.3 is 0 Å². The van der Waals surface area contributed by atoms with Gasteiger partial charge in [-0.15, -0.1) is 0 Å². The van der Waals surface area contributed by atoms with Gasteiger partial charge in [0.05, 0.1) is 18.0 Å². The molecule has 0 aliphatic carbocycles. The summed E-state index contributed by atoms with van der Waals surface area (Å²) in [5.74, 6) is -0.391. The number of hydrogen-bond donors (Lipinski definition) is 1. The van der Waals surface area contributed by atoms with Gasteiger partial charge in [-0.25, -0.2) is 9.37 Å². The molecule has 0 saturated carbocycles. The normalized spacial score (nSPS) is 11.2. The third-order valence-corrected chi connectivity index (χ3v) is 3.49. The molecule has 2 heterocycles. The van der Waals surface area contributed by atoms with E-state index >= 15 is 0 Å². The summed E-state index contributed by atoms with van der Waals surface area (Å²) >= 11 is 0. The molecule has 0 saturated heterocycles. The van der Waals surface area contributed by atoms with E-state index in [2.05, 4.69) is 11.1 Å². The number of aliphatic hydroxyl groups is 1. The lowest BCUT2D eigenvalue weighted by Gasteiger charge is -2.06. The first-order chi connectivity index (χ1) is 9.61. The van der Waals surface area contributed by atoms with Crippen molar-refractivity contribution in [1.29, 1.82) is 0 Å². The minimum atomic E-state index is -0.391. The van der Waals surface area contributed by atoms with E-state index in [1.807, 2.05) is 26.0 Å². The van der Waals surface area contributed by atoms with Crippen molar-refractivity contribution in [3.8, 4) is 11.3 Å². The van der Waals surface area contributed by atoms with Gasteiger partial charge in [-0.1, -0.05) is 23.8 Å². The quantitative estimate of drug-likeness (QED) is 0.776. The van der Waals surface area contributed by atoms with Crippen molar-refractivity contribution >= 4 is 5.65 Å². The number of imidazole rings is 1. The lowest BCUT2D eigenvalue weighted by molar-refractivity contribution is 0.276. The Morgan fingerprint density at radius 3 is 2.75 bits per heavy atom. The van der Waals surface area contributed by atoms with Crippen LogP contribution in [0.15, 0.2) is 36.5 Å². The standard InChI is InChI=1S/C16H15FN2O/c1-10-5-6-12(11(2)8-10)15-14(9-20)19-7-3-4-13(17)16(19)18-15/h3-8,20H,9H2,1-2H3. The fourth-order valence-electron chi connectivity index (χ4n) is 2.53. The molecule has 0 bridgehead atoms. The Morgan fingerprint density at radius 1 is 1.25 bits per heavy atom. The summed E-state index contributed by atoms with van der Waals surface area (Å²) in [6.07, 6.45) is 1.71. The van der Waals surface area contributed by atoms with E-state index in [1.165, 1.54) is 6.07 Å². The molecule has 0 atom stereocenters. The van der Waals surface area contributed by atoms with Gasteiger partial charge in [0.25, 0.3) is 0 Å². The number of hydrogen-bond acceptors (Lipinski definition) is 2. The van der Waals surface area contributed by atoms with Gasteiger partial charge in [0, 0.05) is 11.8 Å². The van der Waals surface area contributed by atoms with Crippen LogP contribution in [0.25, 0.3) is 16.9 Å². The summed E-state index contributed by atoms with van der Waals surface area (Å²) in [4.78, 5) is 4.37. The molecule has 0 aliphatic heterocycles. The number of benzene rings is 1. The molecule has 0 amide bonds. The molecule has 3 nitrogen and oxygen atoms in total. The highest BCUT2D eigenvalue weighted by Crippen LogP contribution is 2.28. The maximum Gasteiger partial charge on any atom is 0.174 e. The zero-order valence-corrected chi connectivity index (χ0v) is 11.4. The molecular weight excluding hydrogens is 255 g/mol. The predicted molar refractivity (Wildman–Crippen MR) is 76.0 cm³/mol. The summed E-state index contributed by atoms with van der Waals surface area (Å²) in [6.45, 7) is 3.82. The second kappa shape index (κ2) is 4.72. The Hall–Kier alpha value is -2.20. The largest absolute Gasteiger partial charge is 0.390 e. The van der Waals surface area contributed by atoms with E-state index in [0.717, 1.165) is 16.7 Å². The molecule has 2 aromatic heterocycles. The molecule has 0 spiro atoms. The van der Waals surface area contributed by atoms with Gasteiger partial charge in [0.1, 0.15) is 0 Å². The van der Waals surface area contributed by atoms with E-state index in [-0.39, 0.29) is 12.3 Å². The van der Waals surface area contributed by atoms with Crippen molar-refractivity contribution in [2.75, 3.05) is 0 Å². The molecule has 4 heteroatoms. The highest BCUT2D eigenvalue weighted by Gasteiger charge is 2.16. The van der Waals surface area contributed by atoms with Gasteiger partial charge in [0.15, 0.2) is 11.5 Å². The summed E-state index contributed by atoms with van der Waals surface area (Å²) < 4.78 is 15.4. The zero-order chi connectivity index (χ0) is 14.3. The van der Waals surface area contributed by atoms with Crippen molar-refractivity contribution in [1.82, 2.24) is 9.38 Å². The van der Waals surface area contributed by atoms with Gasteiger partial charge in [-0.3, -0.25) is 4.40 Å². The first-order valence-corrected chi connectivity index (χ1v) is 6.45. The summed E-state index contributed by atoms with van der Waals surface area (Å²) in [7, 11) is 0. The number of fused-ring (bicyclic) bond motifs is 1. The number of aryl methyl sites for hydroxylation is 2. The molecule has 0 unspecified atom stereocenters. The lowest BCUT2D eigenvalue weighted by atomic mass is 10.0. The monoisotopic (exact) mass is 270 g/mol. The summed E-state index contributed by atoms with van der Waals surface area (Å²) in [5.41, 5.74) is 4.62. The van der Waals surface area contributed by atoms with E-state index in [4.69, 9.17) is 0 Å². The van der Waals surface area contributed by atoms with Crippen molar-refractivity contribution in [3.05, 3.63) is 59.2 Å². The average molecular weight is 270 g/mol. The van der Waals surface area contributed by atoms with Crippen LogP contribution in [-0.2, 0) is 6.61 Å². The Labute approximate surface area is 116 Å². The van der Waals surface area contributed by atoms with E-state index < -0.39 is 5.82 Å². The zero-order valence-electron chi connectivity index (χ0n) is 11.4. The van der Waals surface area contributed by atoms with Gasteiger partial charge < -0.3 is 5.11 Å². The molecule has 1 aromatic carbocycles. The molecule has 20 heavy (non-hydrogen) atoms. The number of aliphatic hydroxyl groups excluding tert-OH is 1. The number of rotatable bonds is 2. The van der Waals surface area contributed by atoms with Crippen LogP contribution < -0.4 is 0 Å². The fourth-order valence-corrected chi connectivity index (χ4v) is 2.53. The van der Waals surface area contributed by atoms with Crippen LogP contribution in [0.2, 0.25) is 0 Å². The van der Waals surface area contributed by atoms with Gasteiger partial charge in [-0.2, -0.15) is 0 Å². The van der Waals surface area contributed by atoms with Crippen LogP contribution in [-0.4, -0.2) is 14.5 Å². The number of aromatic nitrogens is 2. The van der Waals surface area contributed by atoms with E-state index in [0.29, 0.717) is 11.4 Å². The van der Waals surface area contributed by atoms with Crippen molar-refractivity contribution in [3.63, 3.8) is 0 Å². The molecular formula is C16H15FN2O. The maximum atomic E-state index is 13.8. The summed E-state index contributed by atoms with van der Waals surface area (Å²) in [5, 5.41) is 9.62. The molecule has 3 aromatic rings. The van der Waals surface area contributed by atoms with Crippen LogP contribution in [0, 0.1) is 19.7 Å². The molecule has 0 fully saturated rings. The SMILES string of the molecule is Cc1ccc(-c2nc3c(F)cccn3c2CO)c(C)c1. The Bertz CT molecular complexity index is 793. The second-order valence-corrected chi connectivity index (χ2v) is 4.93. The van der Waals surface area contributed by atoms with Gasteiger partial charge in [0.2, 0.25) is 0 Å². The Kier molecular flexibility index (Phi) is 3.03. The van der Waals surface area contributed by atoms with Crippen LogP contribution in [0.1, 0.15) is 16.8 Å². The van der Waals surface area contributed by atoms with Gasteiger partial charge in [-0.05, 0) is 31.5 Å². The Balaban J connectivity index is 2.33. The molecule has 1 N–H and O–H groups in total. The molecule has 102 valence electrons. The molecule has 0 radical (unpaired) electrons. The predicted octanol–water partition coefficient (Wildman–Crippen LogP) is 3.25. The van der Waals surface area contributed by atoms with Crippen LogP contribution in [0.3, 0.4) is 0 Å². The molecule has 0 aliphatic rings. The summed E-state index contributed by atoms with van der Waals surface area (Å²) in [6, 6.07) is 8.98. The smallest absolute Gasteiger partial charge is 0.174 e. The van der Waals surface area contributed by atoms with Crippen LogP contribution in [0.4, 0.5) is 4.39 Å². The highest BCUT2D eigenvalue weighted by molar-refractivity contribution is 5.70. The first kappa shape index (κ1) is 12.8. The van der Waals surface area contributed by atoms with Crippen LogP contribution in [0.5, 0.6) is 0 Å². The number of nitrogens with zero attached hydrogens (tertiary/aromatic N) is 2.